The van der Waals surface area contributed by atoms with Crippen LogP contribution in [0.2, 0.25) is 0 Å². The van der Waals surface area contributed by atoms with E-state index in [0.29, 0.717) is 25.9 Å². The lowest BCUT2D eigenvalue weighted by molar-refractivity contribution is -0.150. The van der Waals surface area contributed by atoms with Gasteiger partial charge in [0.05, 0.1) is 5.92 Å². The van der Waals surface area contributed by atoms with Crippen LogP contribution in [0.3, 0.4) is 0 Å². The van der Waals surface area contributed by atoms with Gasteiger partial charge in [-0.3, -0.25) is 19.7 Å². The fourth-order valence-electron chi connectivity index (χ4n) is 5.11. The van der Waals surface area contributed by atoms with Crippen LogP contribution in [0, 0.1) is 17.3 Å². The Labute approximate surface area is 175 Å². The number of piperidine rings is 1. The van der Waals surface area contributed by atoms with E-state index in [0.717, 1.165) is 22.5 Å². The van der Waals surface area contributed by atoms with Gasteiger partial charge in [0.2, 0.25) is 11.8 Å². The zero-order valence-corrected chi connectivity index (χ0v) is 17.0. The molecule has 1 saturated heterocycles. The zero-order valence-electron chi connectivity index (χ0n) is 17.0. The van der Waals surface area contributed by atoms with E-state index in [9.17, 15) is 24.7 Å². The van der Waals surface area contributed by atoms with Crippen molar-refractivity contribution in [1.29, 1.82) is 0 Å². The van der Waals surface area contributed by atoms with Crippen LogP contribution in [0.5, 0.6) is 0 Å². The van der Waals surface area contributed by atoms with Gasteiger partial charge in [0.25, 0.3) is 0 Å². The van der Waals surface area contributed by atoms with Crippen molar-refractivity contribution in [3.05, 3.63) is 42.0 Å². The fourth-order valence-corrected chi connectivity index (χ4v) is 5.11. The maximum atomic E-state index is 13.4. The first kappa shape index (κ1) is 20.4. The van der Waals surface area contributed by atoms with Crippen molar-refractivity contribution in [1.82, 2.24) is 15.3 Å². The first-order valence-corrected chi connectivity index (χ1v) is 10.3. The van der Waals surface area contributed by atoms with Gasteiger partial charge in [-0.1, -0.05) is 43.3 Å². The lowest BCUT2D eigenvalue weighted by atomic mass is 9.78. The molecule has 8 nitrogen and oxygen atoms in total. The van der Waals surface area contributed by atoms with E-state index in [-0.39, 0.29) is 23.8 Å². The van der Waals surface area contributed by atoms with Crippen LogP contribution in [0.1, 0.15) is 31.7 Å². The predicted octanol–water partition coefficient (Wildman–Crippen LogP) is 2.20. The van der Waals surface area contributed by atoms with Gasteiger partial charge in [-0.25, -0.2) is 10.3 Å². The largest absolute Gasteiger partial charge is 0.465 e. The number of hydroxylamine groups is 1. The summed E-state index contributed by atoms with van der Waals surface area (Å²) in [5.41, 5.74) is 3.62. The highest BCUT2D eigenvalue weighted by Crippen LogP contribution is 2.59. The Morgan fingerprint density at radius 1 is 1.17 bits per heavy atom. The van der Waals surface area contributed by atoms with Gasteiger partial charge in [-0.15, -0.1) is 0 Å². The summed E-state index contributed by atoms with van der Waals surface area (Å²) >= 11 is 0. The minimum Gasteiger partial charge on any atom is -0.465 e. The number of nitrogens with one attached hydrogen (secondary N) is 1. The van der Waals surface area contributed by atoms with E-state index in [1.54, 1.807) is 10.4 Å². The third-order valence-corrected chi connectivity index (χ3v) is 7.04. The molecule has 2 heterocycles. The van der Waals surface area contributed by atoms with E-state index in [1.807, 2.05) is 43.3 Å². The molecule has 1 saturated carbocycles. The summed E-state index contributed by atoms with van der Waals surface area (Å²) in [5.74, 6) is -1.69. The van der Waals surface area contributed by atoms with E-state index in [1.165, 1.54) is 0 Å². The van der Waals surface area contributed by atoms with Crippen molar-refractivity contribution in [2.24, 2.45) is 17.3 Å². The van der Waals surface area contributed by atoms with Crippen LogP contribution in [0.25, 0.3) is 5.57 Å². The number of hydrogen-bond acceptors (Lipinski definition) is 4. The van der Waals surface area contributed by atoms with Crippen molar-refractivity contribution in [2.45, 2.75) is 32.2 Å². The van der Waals surface area contributed by atoms with Gasteiger partial charge in [0.1, 0.15) is 6.04 Å². The van der Waals surface area contributed by atoms with Crippen molar-refractivity contribution >= 4 is 23.5 Å². The lowest BCUT2D eigenvalue weighted by Gasteiger charge is -2.44. The van der Waals surface area contributed by atoms with Gasteiger partial charge < -0.3 is 10.0 Å². The second kappa shape index (κ2) is 7.75. The number of hydrogen-bond donors (Lipinski definition) is 3. The Bertz CT molecular complexity index is 886. The molecule has 1 aliphatic carbocycles. The van der Waals surface area contributed by atoms with Gasteiger partial charge >= 0.3 is 6.09 Å². The molecule has 1 spiro atoms. The third-order valence-electron chi connectivity index (χ3n) is 7.04. The number of nitrogens with zero attached hydrogens (tertiary/aromatic N) is 2. The Balaban J connectivity index is 1.57. The highest BCUT2D eigenvalue weighted by atomic mass is 16.5. The zero-order chi connectivity index (χ0) is 21.5. The number of carbonyl (C=O) groups is 3. The highest BCUT2D eigenvalue weighted by Gasteiger charge is 2.61. The van der Waals surface area contributed by atoms with E-state index < -0.39 is 24.0 Å². The quantitative estimate of drug-likeness (QED) is 0.520. The number of benzene rings is 1. The summed E-state index contributed by atoms with van der Waals surface area (Å²) in [5, 5.41) is 19.1. The average Bonchev–Trinajstić information content (AvgIpc) is 3.39. The molecule has 30 heavy (non-hydrogen) atoms. The first-order chi connectivity index (χ1) is 14.4. The Hall–Kier alpha value is -2.87. The van der Waals surface area contributed by atoms with Crippen molar-refractivity contribution in [2.75, 3.05) is 19.6 Å². The summed E-state index contributed by atoms with van der Waals surface area (Å²) in [7, 11) is 0. The van der Waals surface area contributed by atoms with Crippen LogP contribution >= 0.6 is 0 Å². The molecule has 4 atom stereocenters. The van der Waals surface area contributed by atoms with Gasteiger partial charge in [0.15, 0.2) is 0 Å². The van der Waals surface area contributed by atoms with Crippen molar-refractivity contribution < 1.29 is 24.7 Å². The van der Waals surface area contributed by atoms with Crippen LogP contribution in [0.4, 0.5) is 4.79 Å². The topological polar surface area (TPSA) is 110 Å². The molecule has 4 rings (SSSR count). The SMILES string of the molecule is CC1CC12C[C@H](C(=O)NO)[C@@H](C(=O)N1CC=C(c3ccccc3)CC1)N(C(=O)O)C2. The van der Waals surface area contributed by atoms with Gasteiger partial charge in [-0.2, -0.15) is 0 Å². The maximum absolute atomic E-state index is 13.4. The summed E-state index contributed by atoms with van der Waals surface area (Å²) < 4.78 is 0. The van der Waals surface area contributed by atoms with Crippen molar-refractivity contribution in [3.63, 3.8) is 0 Å². The van der Waals surface area contributed by atoms with Crippen molar-refractivity contribution in [3.8, 4) is 0 Å². The van der Waals surface area contributed by atoms with Gasteiger partial charge in [-0.05, 0) is 41.7 Å². The molecule has 2 unspecified atom stereocenters. The summed E-state index contributed by atoms with van der Waals surface area (Å²) in [6, 6.07) is 8.80. The number of carbonyl (C=O) groups excluding carboxylic acids is 2. The minimum atomic E-state index is -1.21. The normalized spacial score (nSPS) is 30.6. The molecule has 0 bridgehead atoms. The molecular weight excluding hydrogens is 386 g/mol. The molecule has 3 N–H and O–H groups in total. The Kier molecular flexibility index (Phi) is 5.27. The summed E-state index contributed by atoms with van der Waals surface area (Å²) in [4.78, 5) is 40.6. The second-order valence-electron chi connectivity index (χ2n) is 8.74. The molecule has 0 radical (unpaired) electrons. The van der Waals surface area contributed by atoms with Crippen LogP contribution < -0.4 is 5.48 Å². The van der Waals surface area contributed by atoms with Crippen LogP contribution in [-0.4, -0.2) is 63.7 Å². The van der Waals surface area contributed by atoms with Crippen LogP contribution in [-0.2, 0) is 9.59 Å². The Morgan fingerprint density at radius 2 is 1.87 bits per heavy atom. The van der Waals surface area contributed by atoms with E-state index in [4.69, 9.17) is 0 Å². The molecule has 1 aromatic rings. The summed E-state index contributed by atoms with van der Waals surface area (Å²) in [6.45, 7) is 3.09. The molecule has 2 fully saturated rings. The number of likely N-dealkylation sites (tertiary alicyclic amines) is 1. The minimum absolute atomic E-state index is 0.244. The monoisotopic (exact) mass is 413 g/mol. The number of amides is 3. The molecule has 3 amide bonds. The Morgan fingerprint density at radius 3 is 2.40 bits per heavy atom. The van der Waals surface area contributed by atoms with Crippen LogP contribution in [0.15, 0.2) is 36.4 Å². The highest BCUT2D eigenvalue weighted by molar-refractivity contribution is 5.93. The smallest absolute Gasteiger partial charge is 0.408 e. The predicted molar refractivity (Wildman–Crippen MR) is 108 cm³/mol. The molecular formula is C22H27N3O5. The first-order valence-electron chi connectivity index (χ1n) is 10.3. The van der Waals surface area contributed by atoms with Gasteiger partial charge in [0, 0.05) is 19.6 Å². The molecule has 1 aromatic carbocycles. The van der Waals surface area contributed by atoms with E-state index in [2.05, 4.69) is 0 Å². The fraction of sp³-hybridized carbons (Fsp3) is 0.500. The number of rotatable bonds is 3. The standard InChI is InChI=1S/C22H27N3O5/c1-14-11-22(14)12-17(19(26)23-30)18(25(13-22)21(28)29)20(27)24-9-7-16(8-10-24)15-5-3-2-4-6-15/h2-7,14,17-18,30H,8-13H2,1H3,(H,23,26)(H,28,29)/t14?,17-,18-,22?/m0/s1. The molecule has 160 valence electrons. The van der Waals surface area contributed by atoms with E-state index >= 15 is 0 Å². The molecule has 2 aliphatic heterocycles. The molecule has 3 aliphatic rings. The number of carboxylic acid groups (broad SMARTS) is 1. The summed E-state index contributed by atoms with van der Waals surface area (Å²) in [6.07, 6.45) is 2.66. The molecule has 0 aromatic heterocycles. The maximum Gasteiger partial charge on any atom is 0.408 e. The average molecular weight is 413 g/mol. The third kappa shape index (κ3) is 3.56. The molecule has 8 heteroatoms. The second-order valence-corrected chi connectivity index (χ2v) is 8.74. The lowest BCUT2D eigenvalue weighted by Crippen LogP contribution is -2.62.